The molecule has 0 spiro atoms. The number of aliphatic hydroxyl groups is 1. The van der Waals surface area contributed by atoms with E-state index >= 15 is 0 Å². The fourth-order valence-corrected chi connectivity index (χ4v) is 1.92. The van der Waals surface area contributed by atoms with Gasteiger partial charge in [0, 0.05) is 37.4 Å². The largest absolute Gasteiger partial charge is 0.385 e. The van der Waals surface area contributed by atoms with Crippen LogP contribution in [0.5, 0.6) is 0 Å². The molecule has 1 heterocycles. The molecule has 0 radical (unpaired) electrons. The molecule has 0 aliphatic heterocycles. The molecule has 0 unspecified atom stereocenters. The summed E-state index contributed by atoms with van der Waals surface area (Å²) in [4.78, 5) is 4.00. The molecule has 1 aliphatic carbocycles. The monoisotopic (exact) mass is 193 g/mol. The standard InChI is InChI=1S/C11H15NO2/c1-2-14-10-6-11(13,7-10)9-4-3-5-12-8-9/h3-5,8,10,13H,2,6-7H2,1H3. The van der Waals surface area contributed by atoms with Crippen LogP contribution in [-0.4, -0.2) is 22.8 Å². The van der Waals surface area contributed by atoms with Crippen molar-refractivity contribution in [1.29, 1.82) is 0 Å². The molecule has 1 aromatic rings. The molecule has 0 saturated heterocycles. The van der Waals surface area contributed by atoms with Crippen LogP contribution in [0.4, 0.5) is 0 Å². The number of pyridine rings is 1. The first kappa shape index (κ1) is 9.62. The van der Waals surface area contributed by atoms with Crippen molar-refractivity contribution >= 4 is 0 Å². The highest BCUT2D eigenvalue weighted by Crippen LogP contribution is 2.42. The smallest absolute Gasteiger partial charge is 0.0960 e. The van der Waals surface area contributed by atoms with Crippen molar-refractivity contribution < 1.29 is 9.84 Å². The molecule has 0 bridgehead atoms. The summed E-state index contributed by atoms with van der Waals surface area (Å²) in [5.74, 6) is 0. The lowest BCUT2D eigenvalue weighted by atomic mass is 9.73. The Kier molecular flexibility index (Phi) is 2.52. The Morgan fingerprint density at radius 2 is 2.43 bits per heavy atom. The normalized spacial score (nSPS) is 31.1. The molecular formula is C11H15NO2. The summed E-state index contributed by atoms with van der Waals surface area (Å²) in [6.07, 6.45) is 5.03. The summed E-state index contributed by atoms with van der Waals surface area (Å²) < 4.78 is 5.41. The third-order valence-corrected chi connectivity index (χ3v) is 2.73. The fourth-order valence-electron chi connectivity index (χ4n) is 1.92. The Morgan fingerprint density at radius 1 is 1.64 bits per heavy atom. The molecule has 0 aromatic carbocycles. The van der Waals surface area contributed by atoms with Crippen LogP contribution in [0.1, 0.15) is 25.3 Å². The van der Waals surface area contributed by atoms with E-state index in [1.165, 1.54) is 0 Å². The van der Waals surface area contributed by atoms with E-state index in [4.69, 9.17) is 4.74 Å². The lowest BCUT2D eigenvalue weighted by Crippen LogP contribution is -2.45. The van der Waals surface area contributed by atoms with E-state index in [0.29, 0.717) is 19.4 Å². The first-order chi connectivity index (χ1) is 6.74. The summed E-state index contributed by atoms with van der Waals surface area (Å²) in [5.41, 5.74) is 0.199. The topological polar surface area (TPSA) is 42.4 Å². The highest BCUT2D eigenvalue weighted by molar-refractivity contribution is 5.22. The van der Waals surface area contributed by atoms with Gasteiger partial charge in [0.15, 0.2) is 0 Å². The zero-order chi connectivity index (χ0) is 10.0. The number of hydrogen-bond donors (Lipinski definition) is 1. The van der Waals surface area contributed by atoms with Gasteiger partial charge in [0.2, 0.25) is 0 Å². The van der Waals surface area contributed by atoms with E-state index in [9.17, 15) is 5.11 Å². The van der Waals surface area contributed by atoms with Gasteiger partial charge in [0.25, 0.3) is 0 Å². The number of hydrogen-bond acceptors (Lipinski definition) is 3. The van der Waals surface area contributed by atoms with Gasteiger partial charge < -0.3 is 9.84 Å². The molecule has 1 N–H and O–H groups in total. The van der Waals surface area contributed by atoms with Gasteiger partial charge in [0.05, 0.1) is 11.7 Å². The van der Waals surface area contributed by atoms with Gasteiger partial charge in [-0.05, 0) is 13.0 Å². The lowest BCUT2D eigenvalue weighted by Gasteiger charge is -2.43. The van der Waals surface area contributed by atoms with Gasteiger partial charge in [0.1, 0.15) is 0 Å². The van der Waals surface area contributed by atoms with Crippen molar-refractivity contribution in [3.63, 3.8) is 0 Å². The van der Waals surface area contributed by atoms with E-state index in [-0.39, 0.29) is 6.10 Å². The van der Waals surface area contributed by atoms with E-state index < -0.39 is 5.60 Å². The zero-order valence-electron chi connectivity index (χ0n) is 8.31. The quantitative estimate of drug-likeness (QED) is 0.790. The van der Waals surface area contributed by atoms with E-state index in [0.717, 1.165) is 5.56 Å². The molecule has 1 saturated carbocycles. The first-order valence-electron chi connectivity index (χ1n) is 4.99. The van der Waals surface area contributed by atoms with Crippen LogP contribution in [0.3, 0.4) is 0 Å². The molecule has 14 heavy (non-hydrogen) atoms. The summed E-state index contributed by atoms with van der Waals surface area (Å²) in [6, 6.07) is 3.76. The van der Waals surface area contributed by atoms with Gasteiger partial charge in [-0.15, -0.1) is 0 Å². The van der Waals surface area contributed by atoms with Crippen molar-refractivity contribution in [2.45, 2.75) is 31.5 Å². The molecule has 2 rings (SSSR count). The Bertz CT molecular complexity index is 293. The third-order valence-electron chi connectivity index (χ3n) is 2.73. The summed E-state index contributed by atoms with van der Waals surface area (Å²) >= 11 is 0. The van der Waals surface area contributed by atoms with Crippen LogP contribution >= 0.6 is 0 Å². The van der Waals surface area contributed by atoms with Crippen LogP contribution in [0.2, 0.25) is 0 Å². The SMILES string of the molecule is CCOC1CC(O)(c2cccnc2)C1. The van der Waals surface area contributed by atoms with E-state index in [2.05, 4.69) is 4.98 Å². The van der Waals surface area contributed by atoms with Crippen LogP contribution in [0.25, 0.3) is 0 Å². The van der Waals surface area contributed by atoms with Crippen molar-refractivity contribution in [2.75, 3.05) is 6.61 Å². The minimum absolute atomic E-state index is 0.213. The maximum absolute atomic E-state index is 10.2. The van der Waals surface area contributed by atoms with Gasteiger partial charge in [-0.3, -0.25) is 4.98 Å². The average Bonchev–Trinajstić information content (AvgIpc) is 2.17. The van der Waals surface area contributed by atoms with Crippen LogP contribution < -0.4 is 0 Å². The van der Waals surface area contributed by atoms with Crippen molar-refractivity contribution in [1.82, 2.24) is 4.98 Å². The van der Waals surface area contributed by atoms with Crippen LogP contribution in [0.15, 0.2) is 24.5 Å². The molecule has 1 aliphatic rings. The minimum Gasteiger partial charge on any atom is -0.385 e. The minimum atomic E-state index is -0.700. The summed E-state index contributed by atoms with van der Waals surface area (Å²) in [7, 11) is 0. The highest BCUT2D eigenvalue weighted by atomic mass is 16.5. The van der Waals surface area contributed by atoms with Crippen molar-refractivity contribution in [3.8, 4) is 0 Å². The molecule has 3 heteroatoms. The Labute approximate surface area is 83.7 Å². The van der Waals surface area contributed by atoms with Gasteiger partial charge >= 0.3 is 0 Å². The second kappa shape index (κ2) is 3.67. The number of aromatic nitrogens is 1. The second-order valence-electron chi connectivity index (χ2n) is 3.76. The molecular weight excluding hydrogens is 178 g/mol. The van der Waals surface area contributed by atoms with Gasteiger partial charge in [-0.1, -0.05) is 6.07 Å². The maximum Gasteiger partial charge on any atom is 0.0960 e. The number of nitrogens with zero attached hydrogens (tertiary/aromatic N) is 1. The zero-order valence-corrected chi connectivity index (χ0v) is 8.31. The number of ether oxygens (including phenoxy) is 1. The van der Waals surface area contributed by atoms with Gasteiger partial charge in [-0.2, -0.15) is 0 Å². The van der Waals surface area contributed by atoms with Crippen LogP contribution in [0, 0.1) is 0 Å². The van der Waals surface area contributed by atoms with Crippen molar-refractivity contribution in [2.24, 2.45) is 0 Å². The Hall–Kier alpha value is -0.930. The third kappa shape index (κ3) is 1.65. The molecule has 0 amide bonds. The highest BCUT2D eigenvalue weighted by Gasteiger charge is 2.44. The molecule has 3 nitrogen and oxygen atoms in total. The average molecular weight is 193 g/mol. The Balaban J connectivity index is 2.01. The first-order valence-corrected chi connectivity index (χ1v) is 4.99. The molecule has 1 aromatic heterocycles. The van der Waals surface area contributed by atoms with E-state index in [1.807, 2.05) is 19.1 Å². The van der Waals surface area contributed by atoms with Gasteiger partial charge in [-0.25, -0.2) is 0 Å². The predicted octanol–water partition coefficient (Wildman–Crippen LogP) is 1.47. The Morgan fingerprint density at radius 3 is 3.00 bits per heavy atom. The lowest BCUT2D eigenvalue weighted by molar-refractivity contribution is -0.142. The molecule has 1 fully saturated rings. The van der Waals surface area contributed by atoms with Crippen LogP contribution in [-0.2, 0) is 10.3 Å². The maximum atomic E-state index is 10.2. The molecule has 0 atom stereocenters. The summed E-state index contributed by atoms with van der Waals surface area (Å²) in [5, 5.41) is 10.2. The number of rotatable bonds is 3. The molecule has 76 valence electrons. The van der Waals surface area contributed by atoms with E-state index in [1.54, 1.807) is 12.4 Å². The fraction of sp³-hybridized carbons (Fsp3) is 0.545. The summed E-state index contributed by atoms with van der Waals surface area (Å²) in [6.45, 7) is 2.69. The van der Waals surface area contributed by atoms with Crippen molar-refractivity contribution in [3.05, 3.63) is 30.1 Å². The second-order valence-corrected chi connectivity index (χ2v) is 3.76. The predicted molar refractivity (Wildman–Crippen MR) is 52.8 cm³/mol.